The molecule has 3 heteroatoms. The number of hydrogen-bond acceptors (Lipinski definition) is 1. The number of allylic oxidation sites excluding steroid dienone is 1. The summed E-state index contributed by atoms with van der Waals surface area (Å²) < 4.78 is 14.5. The molecule has 0 aliphatic carbocycles. The van der Waals surface area contributed by atoms with E-state index in [0.29, 0.717) is 12.1 Å². The Bertz CT molecular complexity index is 653. The van der Waals surface area contributed by atoms with E-state index in [0.717, 1.165) is 11.1 Å². The molecule has 98 valence electrons. The fourth-order valence-corrected chi connectivity index (χ4v) is 1.96. The summed E-state index contributed by atoms with van der Waals surface area (Å²) in [7, 11) is 0. The van der Waals surface area contributed by atoms with Gasteiger partial charge in [-0.25, -0.2) is 4.39 Å². The molecule has 0 saturated heterocycles. The number of halogens is 1. The van der Waals surface area contributed by atoms with Gasteiger partial charge in [-0.2, -0.15) is 0 Å². The van der Waals surface area contributed by atoms with Gasteiger partial charge in [-0.3, -0.25) is 4.79 Å². The smallest absolute Gasteiger partial charge is 0.258 e. The lowest BCUT2D eigenvalue weighted by Gasteiger charge is -2.09. The standard InChI is InChI=1S/C16H16FNO/c1-3-4-15-12(2)9-10-18(16(15)19)11-13-5-7-14(17)8-6-13/h3-10H,11H2,1-2H3. The highest BCUT2D eigenvalue weighted by Crippen LogP contribution is 2.07. The van der Waals surface area contributed by atoms with Gasteiger partial charge in [0, 0.05) is 11.8 Å². The van der Waals surface area contributed by atoms with E-state index in [1.807, 2.05) is 32.1 Å². The van der Waals surface area contributed by atoms with Crippen LogP contribution in [-0.2, 0) is 6.54 Å². The van der Waals surface area contributed by atoms with Crippen molar-refractivity contribution in [3.05, 3.63) is 75.5 Å². The molecular weight excluding hydrogens is 241 g/mol. The molecule has 0 unspecified atom stereocenters. The Morgan fingerprint density at radius 2 is 1.89 bits per heavy atom. The maximum absolute atomic E-state index is 12.8. The van der Waals surface area contributed by atoms with Crippen LogP contribution in [0.5, 0.6) is 0 Å². The van der Waals surface area contributed by atoms with E-state index < -0.39 is 0 Å². The van der Waals surface area contributed by atoms with Gasteiger partial charge in [0.15, 0.2) is 0 Å². The summed E-state index contributed by atoms with van der Waals surface area (Å²) >= 11 is 0. The molecule has 0 saturated carbocycles. The molecular formula is C16H16FNO. The number of benzene rings is 1. The Kier molecular flexibility index (Phi) is 3.95. The lowest BCUT2D eigenvalue weighted by atomic mass is 10.1. The second kappa shape index (κ2) is 5.65. The number of nitrogens with zero attached hydrogens (tertiary/aromatic N) is 1. The second-order valence-corrected chi connectivity index (χ2v) is 4.47. The first kappa shape index (κ1) is 13.3. The molecule has 0 atom stereocenters. The summed E-state index contributed by atoms with van der Waals surface area (Å²) in [5, 5.41) is 0. The third-order valence-corrected chi connectivity index (χ3v) is 3.02. The first-order valence-electron chi connectivity index (χ1n) is 6.19. The molecule has 0 radical (unpaired) electrons. The molecule has 2 aromatic rings. The van der Waals surface area contributed by atoms with Crippen LogP contribution < -0.4 is 5.56 Å². The van der Waals surface area contributed by atoms with E-state index in [4.69, 9.17) is 0 Å². The first-order chi connectivity index (χ1) is 9.11. The summed E-state index contributed by atoms with van der Waals surface area (Å²) in [4.78, 5) is 12.3. The van der Waals surface area contributed by atoms with E-state index in [2.05, 4.69) is 0 Å². The van der Waals surface area contributed by atoms with Crippen LogP contribution in [0.3, 0.4) is 0 Å². The van der Waals surface area contributed by atoms with Crippen LogP contribution in [0.15, 0.2) is 47.4 Å². The molecule has 0 spiro atoms. The normalized spacial score (nSPS) is 11.1. The Hall–Kier alpha value is -2.16. The van der Waals surface area contributed by atoms with E-state index in [1.54, 1.807) is 22.9 Å². The summed E-state index contributed by atoms with van der Waals surface area (Å²) in [6.45, 7) is 4.25. The van der Waals surface area contributed by atoms with Crippen molar-refractivity contribution in [3.63, 3.8) is 0 Å². The van der Waals surface area contributed by atoms with Gasteiger partial charge in [0.25, 0.3) is 5.56 Å². The summed E-state index contributed by atoms with van der Waals surface area (Å²) in [6, 6.07) is 8.11. The molecule has 2 rings (SSSR count). The van der Waals surface area contributed by atoms with Crippen molar-refractivity contribution < 1.29 is 4.39 Å². The van der Waals surface area contributed by atoms with Crippen molar-refractivity contribution >= 4 is 6.08 Å². The van der Waals surface area contributed by atoms with Crippen LogP contribution in [0.25, 0.3) is 6.08 Å². The number of pyridine rings is 1. The lowest BCUT2D eigenvalue weighted by molar-refractivity contribution is 0.626. The predicted molar refractivity (Wildman–Crippen MR) is 75.6 cm³/mol. The fraction of sp³-hybridized carbons (Fsp3) is 0.188. The Labute approximate surface area is 111 Å². The average Bonchev–Trinajstić information content (AvgIpc) is 2.40. The largest absolute Gasteiger partial charge is 0.311 e. The fourth-order valence-electron chi connectivity index (χ4n) is 1.96. The minimum absolute atomic E-state index is 0.0255. The monoisotopic (exact) mass is 257 g/mol. The van der Waals surface area contributed by atoms with E-state index >= 15 is 0 Å². The highest BCUT2D eigenvalue weighted by atomic mass is 19.1. The molecule has 0 bridgehead atoms. The highest BCUT2D eigenvalue weighted by Gasteiger charge is 2.05. The molecule has 1 heterocycles. The minimum atomic E-state index is -0.269. The molecule has 0 fully saturated rings. The SMILES string of the molecule is CC=Cc1c(C)ccn(Cc2ccc(F)cc2)c1=O. The van der Waals surface area contributed by atoms with E-state index in [-0.39, 0.29) is 11.4 Å². The van der Waals surface area contributed by atoms with Crippen molar-refractivity contribution in [2.24, 2.45) is 0 Å². The van der Waals surface area contributed by atoms with Gasteiger partial charge >= 0.3 is 0 Å². The lowest BCUT2D eigenvalue weighted by Crippen LogP contribution is -2.23. The molecule has 0 amide bonds. The average molecular weight is 257 g/mol. The highest BCUT2D eigenvalue weighted by molar-refractivity contribution is 5.51. The minimum Gasteiger partial charge on any atom is -0.311 e. The molecule has 2 nitrogen and oxygen atoms in total. The van der Waals surface area contributed by atoms with Crippen LogP contribution in [-0.4, -0.2) is 4.57 Å². The van der Waals surface area contributed by atoms with Gasteiger partial charge < -0.3 is 4.57 Å². The maximum atomic E-state index is 12.8. The van der Waals surface area contributed by atoms with Crippen LogP contribution in [0.4, 0.5) is 4.39 Å². The topological polar surface area (TPSA) is 22.0 Å². The van der Waals surface area contributed by atoms with Crippen LogP contribution in [0.2, 0.25) is 0 Å². The van der Waals surface area contributed by atoms with Crippen molar-refractivity contribution in [1.82, 2.24) is 4.57 Å². The van der Waals surface area contributed by atoms with Crippen molar-refractivity contribution in [3.8, 4) is 0 Å². The van der Waals surface area contributed by atoms with Gasteiger partial charge in [-0.1, -0.05) is 24.3 Å². The Balaban J connectivity index is 2.38. The summed E-state index contributed by atoms with van der Waals surface area (Å²) in [6.07, 6.45) is 5.44. The van der Waals surface area contributed by atoms with Gasteiger partial charge in [0.2, 0.25) is 0 Å². The van der Waals surface area contributed by atoms with Crippen LogP contribution in [0, 0.1) is 12.7 Å². The molecule has 1 aromatic carbocycles. The molecule has 1 aromatic heterocycles. The number of rotatable bonds is 3. The third kappa shape index (κ3) is 2.99. The van der Waals surface area contributed by atoms with Crippen LogP contribution >= 0.6 is 0 Å². The van der Waals surface area contributed by atoms with Gasteiger partial charge in [-0.05, 0) is 43.2 Å². The number of hydrogen-bond donors (Lipinski definition) is 0. The first-order valence-corrected chi connectivity index (χ1v) is 6.19. The molecule has 0 aliphatic rings. The van der Waals surface area contributed by atoms with E-state index in [9.17, 15) is 9.18 Å². The maximum Gasteiger partial charge on any atom is 0.258 e. The van der Waals surface area contributed by atoms with Gasteiger partial charge in [0.05, 0.1) is 6.54 Å². The molecule has 0 aliphatic heterocycles. The number of aryl methyl sites for hydroxylation is 1. The molecule has 19 heavy (non-hydrogen) atoms. The molecule has 0 N–H and O–H groups in total. The second-order valence-electron chi connectivity index (χ2n) is 4.47. The van der Waals surface area contributed by atoms with Crippen molar-refractivity contribution in [2.45, 2.75) is 20.4 Å². The van der Waals surface area contributed by atoms with Gasteiger partial charge in [-0.15, -0.1) is 0 Å². The number of aromatic nitrogens is 1. The van der Waals surface area contributed by atoms with Crippen LogP contribution in [0.1, 0.15) is 23.6 Å². The zero-order valence-corrected chi connectivity index (χ0v) is 11.1. The zero-order valence-electron chi connectivity index (χ0n) is 11.1. The predicted octanol–water partition coefficient (Wildman–Crippen LogP) is 3.38. The summed E-state index contributed by atoms with van der Waals surface area (Å²) in [5.74, 6) is -0.269. The zero-order chi connectivity index (χ0) is 13.8. The van der Waals surface area contributed by atoms with E-state index in [1.165, 1.54) is 12.1 Å². The Morgan fingerprint density at radius 1 is 1.21 bits per heavy atom. The van der Waals surface area contributed by atoms with Crippen molar-refractivity contribution in [2.75, 3.05) is 0 Å². The summed E-state index contributed by atoms with van der Waals surface area (Å²) in [5.41, 5.74) is 2.53. The van der Waals surface area contributed by atoms with Crippen molar-refractivity contribution in [1.29, 1.82) is 0 Å². The quantitative estimate of drug-likeness (QED) is 0.826. The Morgan fingerprint density at radius 3 is 2.53 bits per heavy atom. The van der Waals surface area contributed by atoms with Gasteiger partial charge in [0.1, 0.15) is 5.82 Å². The third-order valence-electron chi connectivity index (χ3n) is 3.02.